The smallest absolute Gasteiger partial charge is 0.258 e. The molecule has 0 aliphatic heterocycles. The molecule has 110 valence electrons. The molecule has 0 atom stereocenters. The summed E-state index contributed by atoms with van der Waals surface area (Å²) in [7, 11) is -3.69. The highest BCUT2D eigenvalue weighted by molar-refractivity contribution is 7.89. The van der Waals surface area contributed by atoms with Crippen LogP contribution in [0.2, 0.25) is 0 Å². The van der Waals surface area contributed by atoms with Gasteiger partial charge in [0.05, 0.1) is 12.7 Å². The van der Waals surface area contributed by atoms with Gasteiger partial charge >= 0.3 is 0 Å². The second kappa shape index (κ2) is 6.54. The van der Waals surface area contributed by atoms with Crippen molar-refractivity contribution in [1.82, 2.24) is 40.9 Å². The predicted molar refractivity (Wildman–Crippen MR) is 68.8 cm³/mol. The summed E-state index contributed by atoms with van der Waals surface area (Å²) in [4.78, 5) is 0. The Hall–Kier alpha value is -1.85. The summed E-state index contributed by atoms with van der Waals surface area (Å²) in [6, 6.07) is 0. The molecule has 20 heavy (non-hydrogen) atoms. The van der Waals surface area contributed by atoms with Gasteiger partial charge in [0.1, 0.15) is 0 Å². The van der Waals surface area contributed by atoms with Crippen LogP contribution in [0.25, 0.3) is 0 Å². The topological polar surface area (TPSA) is 141 Å². The lowest BCUT2D eigenvalue weighted by Gasteiger charge is -2.06. The van der Waals surface area contributed by atoms with Gasteiger partial charge in [-0.25, -0.2) is 13.1 Å². The summed E-state index contributed by atoms with van der Waals surface area (Å²) < 4.78 is 26.7. The number of aromatic nitrogens is 6. The minimum atomic E-state index is -3.69. The maximum atomic E-state index is 12.1. The molecule has 0 amide bonds. The van der Waals surface area contributed by atoms with E-state index in [0.717, 1.165) is 13.0 Å². The number of nitrogens with zero attached hydrogens (tertiary/aromatic N) is 4. The minimum Gasteiger partial charge on any atom is -0.313 e. The third-order valence-corrected chi connectivity index (χ3v) is 3.91. The van der Waals surface area contributed by atoms with Crippen molar-refractivity contribution >= 4 is 10.0 Å². The zero-order valence-electron chi connectivity index (χ0n) is 10.9. The molecule has 2 aromatic heterocycles. The molecule has 0 fully saturated rings. The molecule has 0 saturated heterocycles. The number of tetrazole rings is 1. The maximum absolute atomic E-state index is 12.1. The molecule has 0 unspecified atom stereocenters. The van der Waals surface area contributed by atoms with Gasteiger partial charge in [-0.1, -0.05) is 12.1 Å². The zero-order chi connectivity index (χ0) is 14.4. The van der Waals surface area contributed by atoms with E-state index in [1.54, 1.807) is 0 Å². The largest absolute Gasteiger partial charge is 0.313 e. The zero-order valence-corrected chi connectivity index (χ0v) is 11.7. The molecular formula is C9H16N8O2S. The van der Waals surface area contributed by atoms with Crippen molar-refractivity contribution in [3.63, 3.8) is 0 Å². The van der Waals surface area contributed by atoms with Crippen LogP contribution in [0, 0.1) is 0 Å². The van der Waals surface area contributed by atoms with E-state index < -0.39 is 10.0 Å². The summed E-state index contributed by atoms with van der Waals surface area (Å²) in [5, 5.41) is 22.4. The minimum absolute atomic E-state index is 0.0420. The molecule has 0 aliphatic rings. The number of nitrogens with one attached hydrogen (secondary N) is 4. The normalized spacial score (nSPS) is 11.8. The van der Waals surface area contributed by atoms with Crippen LogP contribution in [-0.2, 0) is 23.1 Å². The van der Waals surface area contributed by atoms with E-state index in [-0.39, 0.29) is 17.4 Å². The van der Waals surface area contributed by atoms with Crippen LogP contribution in [0.1, 0.15) is 24.7 Å². The Morgan fingerprint density at radius 1 is 1.35 bits per heavy atom. The molecule has 2 aromatic rings. The first-order chi connectivity index (χ1) is 9.63. The van der Waals surface area contributed by atoms with Gasteiger partial charge in [-0.05, 0) is 13.0 Å². The number of rotatable bonds is 8. The first-order valence-electron chi connectivity index (χ1n) is 6.08. The fourth-order valence-electron chi connectivity index (χ4n) is 1.55. The summed E-state index contributed by atoms with van der Waals surface area (Å²) in [6.07, 6.45) is 2.46. The molecule has 0 aromatic carbocycles. The second-order valence-electron chi connectivity index (χ2n) is 4.05. The summed E-state index contributed by atoms with van der Waals surface area (Å²) in [6.45, 7) is 3.23. The number of sulfonamides is 1. The van der Waals surface area contributed by atoms with Crippen LogP contribution in [0.4, 0.5) is 0 Å². The summed E-state index contributed by atoms with van der Waals surface area (Å²) in [5.41, 5.74) is 0.582. The highest BCUT2D eigenvalue weighted by atomic mass is 32.2. The van der Waals surface area contributed by atoms with Crippen molar-refractivity contribution in [2.75, 3.05) is 6.54 Å². The maximum Gasteiger partial charge on any atom is 0.258 e. The molecule has 0 bridgehead atoms. The van der Waals surface area contributed by atoms with E-state index in [9.17, 15) is 8.42 Å². The van der Waals surface area contributed by atoms with E-state index in [1.807, 2.05) is 6.92 Å². The predicted octanol–water partition coefficient (Wildman–Crippen LogP) is -1.10. The summed E-state index contributed by atoms with van der Waals surface area (Å²) in [5.74, 6) is 0.263. The van der Waals surface area contributed by atoms with E-state index in [0.29, 0.717) is 12.1 Å². The number of H-pyrrole nitrogens is 2. The molecule has 0 spiro atoms. The molecule has 0 aliphatic carbocycles. The van der Waals surface area contributed by atoms with Crippen molar-refractivity contribution < 1.29 is 8.42 Å². The van der Waals surface area contributed by atoms with E-state index in [1.165, 1.54) is 6.20 Å². The molecule has 10 nitrogen and oxygen atoms in total. The molecule has 2 heterocycles. The summed E-state index contributed by atoms with van der Waals surface area (Å²) >= 11 is 0. The van der Waals surface area contributed by atoms with Crippen molar-refractivity contribution in [2.45, 2.75) is 31.5 Å². The lowest BCUT2D eigenvalue weighted by Crippen LogP contribution is -2.26. The highest BCUT2D eigenvalue weighted by Crippen LogP contribution is 2.11. The Morgan fingerprint density at radius 3 is 2.90 bits per heavy atom. The SMILES string of the molecule is CCCNCc1cn[nH]c1S(=O)(=O)NCc1nn[nH]n1. The van der Waals surface area contributed by atoms with E-state index in [2.05, 4.69) is 40.9 Å². The fraction of sp³-hybridized carbons (Fsp3) is 0.556. The lowest BCUT2D eigenvalue weighted by molar-refractivity contribution is 0.571. The van der Waals surface area contributed by atoms with Gasteiger partial charge in [0.2, 0.25) is 0 Å². The van der Waals surface area contributed by atoms with Crippen LogP contribution in [0.3, 0.4) is 0 Å². The van der Waals surface area contributed by atoms with Crippen molar-refractivity contribution in [2.24, 2.45) is 0 Å². The monoisotopic (exact) mass is 300 g/mol. The van der Waals surface area contributed by atoms with Crippen LogP contribution < -0.4 is 10.0 Å². The average Bonchev–Trinajstić information content (AvgIpc) is 3.08. The number of aromatic amines is 2. The van der Waals surface area contributed by atoms with Crippen molar-refractivity contribution in [3.8, 4) is 0 Å². The van der Waals surface area contributed by atoms with Crippen LogP contribution in [0.5, 0.6) is 0 Å². The Bertz CT molecular complexity index is 620. The highest BCUT2D eigenvalue weighted by Gasteiger charge is 2.20. The Balaban J connectivity index is 2.03. The fourth-order valence-corrected chi connectivity index (χ4v) is 2.65. The molecule has 11 heteroatoms. The van der Waals surface area contributed by atoms with Gasteiger partial charge in [0, 0.05) is 12.1 Å². The molecule has 2 rings (SSSR count). The standard InChI is InChI=1S/C9H16N8O2S/c1-2-3-10-4-7-5-11-15-9(7)20(18,19)12-6-8-13-16-17-14-8/h5,10,12H,2-4,6H2,1H3,(H,11,15)(H,13,14,16,17). The van der Waals surface area contributed by atoms with Crippen LogP contribution in [0.15, 0.2) is 11.2 Å². The van der Waals surface area contributed by atoms with Gasteiger partial charge < -0.3 is 5.32 Å². The third kappa shape index (κ3) is 3.59. The quantitative estimate of drug-likeness (QED) is 0.453. The van der Waals surface area contributed by atoms with Gasteiger partial charge in [-0.2, -0.15) is 10.3 Å². The van der Waals surface area contributed by atoms with Crippen molar-refractivity contribution in [1.29, 1.82) is 0 Å². The molecule has 4 N–H and O–H groups in total. The Kier molecular flexibility index (Phi) is 4.76. The van der Waals surface area contributed by atoms with Crippen LogP contribution >= 0.6 is 0 Å². The average molecular weight is 300 g/mol. The number of hydrogen-bond donors (Lipinski definition) is 4. The van der Waals surface area contributed by atoms with Crippen molar-refractivity contribution in [3.05, 3.63) is 17.6 Å². The second-order valence-corrected chi connectivity index (χ2v) is 5.76. The Morgan fingerprint density at radius 2 is 2.20 bits per heavy atom. The number of hydrogen-bond acceptors (Lipinski definition) is 7. The Labute approximate surface area is 115 Å². The van der Waals surface area contributed by atoms with Gasteiger partial charge in [0.25, 0.3) is 10.0 Å². The van der Waals surface area contributed by atoms with E-state index in [4.69, 9.17) is 0 Å². The van der Waals surface area contributed by atoms with Gasteiger partial charge in [-0.15, -0.1) is 10.2 Å². The van der Waals surface area contributed by atoms with E-state index >= 15 is 0 Å². The van der Waals surface area contributed by atoms with Gasteiger partial charge in [-0.3, -0.25) is 5.10 Å². The molecular weight excluding hydrogens is 284 g/mol. The first kappa shape index (κ1) is 14.6. The van der Waals surface area contributed by atoms with Crippen LogP contribution in [-0.4, -0.2) is 45.8 Å². The van der Waals surface area contributed by atoms with Gasteiger partial charge in [0.15, 0.2) is 10.9 Å². The lowest BCUT2D eigenvalue weighted by atomic mass is 10.3. The third-order valence-electron chi connectivity index (χ3n) is 2.50. The molecule has 0 saturated carbocycles. The first-order valence-corrected chi connectivity index (χ1v) is 7.56. The molecule has 0 radical (unpaired) electrons.